The number of alkyl halides is 2. The van der Waals surface area contributed by atoms with Gasteiger partial charge >= 0.3 is 0 Å². The Bertz CT molecular complexity index is 417. The van der Waals surface area contributed by atoms with Crippen molar-refractivity contribution in [3.05, 3.63) is 29.3 Å². The third-order valence-electron chi connectivity index (χ3n) is 2.77. The van der Waals surface area contributed by atoms with E-state index in [4.69, 9.17) is 4.74 Å². The highest BCUT2D eigenvalue weighted by atomic mass is 19.3. The fourth-order valence-corrected chi connectivity index (χ4v) is 1.72. The summed E-state index contributed by atoms with van der Waals surface area (Å²) in [7, 11) is 1.31. The summed E-state index contributed by atoms with van der Waals surface area (Å²) in [5.74, 6) is -0.137. The van der Waals surface area contributed by atoms with Crippen LogP contribution in [-0.2, 0) is 0 Å². The molecule has 0 bridgehead atoms. The van der Waals surface area contributed by atoms with Gasteiger partial charge in [-0.25, -0.2) is 8.78 Å². The van der Waals surface area contributed by atoms with Gasteiger partial charge in [0.2, 0.25) is 0 Å². The van der Waals surface area contributed by atoms with Crippen LogP contribution >= 0.6 is 0 Å². The van der Waals surface area contributed by atoms with Gasteiger partial charge in [-0.05, 0) is 32.0 Å². The molecule has 100 valence electrons. The van der Waals surface area contributed by atoms with E-state index in [1.54, 1.807) is 4.90 Å². The lowest BCUT2D eigenvalue weighted by Gasteiger charge is -2.19. The van der Waals surface area contributed by atoms with Crippen LogP contribution in [0.15, 0.2) is 18.2 Å². The lowest BCUT2D eigenvalue weighted by atomic mass is 10.1. The van der Waals surface area contributed by atoms with Gasteiger partial charge < -0.3 is 9.64 Å². The molecule has 0 atom stereocenters. The van der Waals surface area contributed by atoms with Gasteiger partial charge in [-0.15, -0.1) is 0 Å². The van der Waals surface area contributed by atoms with Gasteiger partial charge in [-0.1, -0.05) is 0 Å². The molecule has 0 aromatic heterocycles. The second-order valence-electron chi connectivity index (χ2n) is 3.73. The number of ether oxygens (including phenoxy) is 1. The van der Waals surface area contributed by atoms with Crippen LogP contribution in [-0.4, -0.2) is 31.0 Å². The van der Waals surface area contributed by atoms with Gasteiger partial charge in [-0.2, -0.15) is 0 Å². The zero-order chi connectivity index (χ0) is 13.7. The first-order valence-corrected chi connectivity index (χ1v) is 5.80. The molecule has 1 rings (SSSR count). The lowest BCUT2D eigenvalue weighted by molar-refractivity contribution is 0.0772. The van der Waals surface area contributed by atoms with E-state index in [-0.39, 0.29) is 17.2 Å². The molecule has 0 spiro atoms. The van der Waals surface area contributed by atoms with Crippen LogP contribution in [0.4, 0.5) is 8.78 Å². The average Bonchev–Trinajstić information content (AvgIpc) is 2.39. The van der Waals surface area contributed by atoms with E-state index in [0.29, 0.717) is 18.7 Å². The van der Waals surface area contributed by atoms with Crippen molar-refractivity contribution in [1.29, 1.82) is 0 Å². The second-order valence-corrected chi connectivity index (χ2v) is 3.73. The minimum atomic E-state index is -2.61. The molecule has 18 heavy (non-hydrogen) atoms. The third kappa shape index (κ3) is 2.97. The quantitative estimate of drug-likeness (QED) is 0.811. The number of amides is 1. The summed E-state index contributed by atoms with van der Waals surface area (Å²) in [4.78, 5) is 13.7. The predicted molar refractivity (Wildman–Crippen MR) is 65.2 cm³/mol. The van der Waals surface area contributed by atoms with Crippen molar-refractivity contribution in [2.45, 2.75) is 20.3 Å². The molecular formula is C13H17F2NO2. The number of nitrogens with zero attached hydrogens (tertiary/aromatic N) is 1. The van der Waals surface area contributed by atoms with E-state index >= 15 is 0 Å². The van der Waals surface area contributed by atoms with Gasteiger partial charge in [0.15, 0.2) is 0 Å². The third-order valence-corrected chi connectivity index (χ3v) is 2.77. The molecule has 3 nitrogen and oxygen atoms in total. The number of methoxy groups -OCH3 is 1. The van der Waals surface area contributed by atoms with Crippen molar-refractivity contribution >= 4 is 5.91 Å². The molecule has 0 radical (unpaired) electrons. The Balaban J connectivity index is 3.09. The minimum Gasteiger partial charge on any atom is -0.496 e. The first-order chi connectivity index (χ1) is 8.54. The highest BCUT2D eigenvalue weighted by molar-refractivity contribution is 5.94. The molecule has 1 amide bonds. The van der Waals surface area contributed by atoms with Crippen molar-refractivity contribution in [3.8, 4) is 5.75 Å². The Morgan fingerprint density at radius 1 is 1.33 bits per heavy atom. The van der Waals surface area contributed by atoms with Gasteiger partial charge in [0, 0.05) is 18.7 Å². The number of rotatable bonds is 5. The van der Waals surface area contributed by atoms with E-state index in [2.05, 4.69) is 0 Å². The Hall–Kier alpha value is -1.65. The SMILES string of the molecule is CCN(CC)C(=O)c1ccc(C(F)F)c(OC)c1. The zero-order valence-corrected chi connectivity index (χ0v) is 10.7. The number of hydrogen-bond donors (Lipinski definition) is 0. The number of benzene rings is 1. The van der Waals surface area contributed by atoms with E-state index in [1.165, 1.54) is 25.3 Å². The highest BCUT2D eigenvalue weighted by Crippen LogP contribution is 2.29. The van der Waals surface area contributed by atoms with Crippen molar-refractivity contribution < 1.29 is 18.3 Å². The monoisotopic (exact) mass is 257 g/mol. The Labute approximate surface area is 105 Å². The van der Waals surface area contributed by atoms with Crippen LogP contribution in [0.25, 0.3) is 0 Å². The first kappa shape index (κ1) is 14.4. The van der Waals surface area contributed by atoms with Crippen molar-refractivity contribution in [2.75, 3.05) is 20.2 Å². The summed E-state index contributed by atoms with van der Waals surface area (Å²) in [6, 6.07) is 4.01. The summed E-state index contributed by atoms with van der Waals surface area (Å²) < 4.78 is 30.2. The lowest BCUT2D eigenvalue weighted by Crippen LogP contribution is -2.30. The fraction of sp³-hybridized carbons (Fsp3) is 0.462. The zero-order valence-electron chi connectivity index (χ0n) is 10.7. The predicted octanol–water partition coefficient (Wildman–Crippen LogP) is 3.11. The van der Waals surface area contributed by atoms with Crippen LogP contribution in [0.2, 0.25) is 0 Å². The Kier molecular flexibility index (Phi) is 5.07. The molecule has 0 saturated carbocycles. The molecule has 0 fully saturated rings. The largest absolute Gasteiger partial charge is 0.496 e. The summed E-state index contributed by atoms with van der Waals surface area (Å²) in [6.07, 6.45) is -2.61. The second kappa shape index (κ2) is 6.33. The number of carbonyl (C=O) groups excluding carboxylic acids is 1. The van der Waals surface area contributed by atoms with Gasteiger partial charge in [0.05, 0.1) is 12.7 Å². The molecule has 0 N–H and O–H groups in total. The van der Waals surface area contributed by atoms with Crippen LogP contribution in [0, 0.1) is 0 Å². The highest BCUT2D eigenvalue weighted by Gasteiger charge is 2.18. The molecule has 0 aliphatic rings. The van der Waals surface area contributed by atoms with Crippen LogP contribution in [0.3, 0.4) is 0 Å². The number of carbonyl (C=O) groups is 1. The van der Waals surface area contributed by atoms with E-state index in [1.807, 2.05) is 13.8 Å². The summed E-state index contributed by atoms with van der Waals surface area (Å²) in [5, 5.41) is 0. The molecule has 0 saturated heterocycles. The van der Waals surface area contributed by atoms with Gasteiger partial charge in [-0.3, -0.25) is 4.79 Å². The van der Waals surface area contributed by atoms with Crippen molar-refractivity contribution in [2.24, 2.45) is 0 Å². The van der Waals surface area contributed by atoms with Gasteiger partial charge in [0.25, 0.3) is 12.3 Å². The molecule has 5 heteroatoms. The number of halogens is 2. The smallest absolute Gasteiger partial charge is 0.267 e. The summed E-state index contributed by atoms with van der Waals surface area (Å²) >= 11 is 0. The van der Waals surface area contributed by atoms with Gasteiger partial charge in [0.1, 0.15) is 5.75 Å². The fourth-order valence-electron chi connectivity index (χ4n) is 1.72. The maximum absolute atomic E-state index is 12.7. The standard InChI is InChI=1S/C13H17F2NO2/c1-4-16(5-2)13(17)9-6-7-10(12(14)15)11(8-9)18-3/h6-8,12H,4-5H2,1-3H3. The Morgan fingerprint density at radius 3 is 2.39 bits per heavy atom. The molecule has 1 aromatic rings. The minimum absolute atomic E-state index is 0.0445. The Morgan fingerprint density at radius 2 is 1.94 bits per heavy atom. The van der Waals surface area contributed by atoms with E-state index in [9.17, 15) is 13.6 Å². The molecule has 0 heterocycles. The average molecular weight is 257 g/mol. The van der Waals surface area contributed by atoms with E-state index in [0.717, 1.165) is 0 Å². The maximum atomic E-state index is 12.7. The molecule has 0 aliphatic heterocycles. The van der Waals surface area contributed by atoms with E-state index < -0.39 is 6.43 Å². The van der Waals surface area contributed by atoms with Crippen LogP contribution in [0.1, 0.15) is 36.2 Å². The van der Waals surface area contributed by atoms with Crippen LogP contribution < -0.4 is 4.74 Å². The molecule has 0 aliphatic carbocycles. The first-order valence-electron chi connectivity index (χ1n) is 5.80. The molecular weight excluding hydrogens is 240 g/mol. The van der Waals surface area contributed by atoms with Crippen molar-refractivity contribution in [3.63, 3.8) is 0 Å². The summed E-state index contributed by atoms with van der Waals surface area (Å²) in [5.41, 5.74) is 0.161. The molecule has 1 aromatic carbocycles. The normalized spacial score (nSPS) is 10.6. The molecule has 0 unspecified atom stereocenters. The van der Waals surface area contributed by atoms with Crippen LogP contribution in [0.5, 0.6) is 5.75 Å². The number of hydrogen-bond acceptors (Lipinski definition) is 2. The van der Waals surface area contributed by atoms with Crippen molar-refractivity contribution in [1.82, 2.24) is 4.90 Å². The maximum Gasteiger partial charge on any atom is 0.267 e. The topological polar surface area (TPSA) is 29.5 Å². The summed E-state index contributed by atoms with van der Waals surface area (Å²) in [6.45, 7) is 4.89.